The molecule has 6 rings (SSSR count). The fourth-order valence-electron chi connectivity index (χ4n) is 7.76. The highest BCUT2D eigenvalue weighted by Gasteiger charge is 2.53. The summed E-state index contributed by atoms with van der Waals surface area (Å²) in [7, 11) is 4.69. The number of benzene rings is 2. The van der Waals surface area contributed by atoms with Crippen LogP contribution in [0.2, 0.25) is 0 Å². The Kier molecular flexibility index (Phi) is 7.74. The highest BCUT2D eigenvalue weighted by atomic mass is 32.1. The molecule has 4 aliphatic rings. The van der Waals surface area contributed by atoms with Crippen LogP contribution in [-0.4, -0.2) is 68.0 Å². The topological polar surface area (TPSA) is 120 Å². The van der Waals surface area contributed by atoms with Crippen LogP contribution in [0.3, 0.4) is 0 Å². The number of thiocarbonyl (C=S) groups is 1. The first kappa shape index (κ1) is 30.5. The fourth-order valence-corrected chi connectivity index (χ4v) is 8.06. The van der Waals surface area contributed by atoms with Crippen molar-refractivity contribution in [1.82, 2.24) is 15.7 Å². The van der Waals surface area contributed by atoms with E-state index in [0.717, 1.165) is 16.7 Å². The van der Waals surface area contributed by atoms with E-state index in [1.54, 1.807) is 21.3 Å². The molecule has 0 spiro atoms. The van der Waals surface area contributed by atoms with Gasteiger partial charge in [-0.25, -0.2) is 0 Å². The van der Waals surface area contributed by atoms with Crippen molar-refractivity contribution in [2.75, 3.05) is 34.7 Å². The summed E-state index contributed by atoms with van der Waals surface area (Å²) < 4.78 is 34.2. The minimum atomic E-state index is -0.547. The monoisotopic (exact) mass is 626 g/mol. The molecule has 237 valence electrons. The van der Waals surface area contributed by atoms with Gasteiger partial charge < -0.3 is 39.1 Å². The van der Waals surface area contributed by atoms with Crippen molar-refractivity contribution < 1.29 is 38.4 Å². The number of rotatable bonds is 6. The first-order chi connectivity index (χ1) is 20.9. The summed E-state index contributed by atoms with van der Waals surface area (Å²) in [5.41, 5.74) is 1.56. The van der Waals surface area contributed by atoms with Crippen molar-refractivity contribution in [2.45, 2.75) is 69.6 Å². The maximum Gasteiger partial charge on any atom is 0.310 e. The number of nitrogens with one attached hydrogen (secondary N) is 2. The molecule has 12 heteroatoms. The Bertz CT molecular complexity index is 1440. The number of hydroxylamine groups is 2. The average Bonchev–Trinajstić information content (AvgIpc) is 3.60. The summed E-state index contributed by atoms with van der Waals surface area (Å²) in [4.78, 5) is 13.5. The molecule has 0 unspecified atom stereocenters. The van der Waals surface area contributed by atoms with Crippen LogP contribution in [0.15, 0.2) is 24.3 Å². The summed E-state index contributed by atoms with van der Waals surface area (Å²) in [6.45, 7) is 8.18. The van der Waals surface area contributed by atoms with Crippen molar-refractivity contribution in [3.63, 3.8) is 0 Å². The standard InChI is InChI=1S/C32H40N3O8S/c1-31(2)12-17(13-32(3,4)35(31)37)33-30(44)34-27-19-11-22-21(42-15-43-22)10-18(19)25(26-20(27)14-41-29(26)36)16-8-23(38-5)28(40-7)24(9-16)39-6/h8-11,17,20,25-27H,12-15H2,1-7H3,(H2,33,34,44)/t20-,25+,26-,27+/m0/s1. The van der Waals surface area contributed by atoms with Gasteiger partial charge in [0.15, 0.2) is 28.1 Å². The largest absolute Gasteiger partial charge is 0.493 e. The Balaban J connectivity index is 1.39. The first-order valence-electron chi connectivity index (χ1n) is 14.8. The summed E-state index contributed by atoms with van der Waals surface area (Å²) >= 11 is 5.89. The molecule has 11 nitrogen and oxygen atoms in total. The summed E-state index contributed by atoms with van der Waals surface area (Å²) in [6, 6.07) is 7.34. The number of carbonyl (C=O) groups excluding carboxylic acids is 1. The maximum absolute atomic E-state index is 13.5. The smallest absolute Gasteiger partial charge is 0.310 e. The fraction of sp³-hybridized carbons (Fsp3) is 0.562. The molecule has 0 amide bonds. The van der Waals surface area contributed by atoms with E-state index in [1.165, 1.54) is 5.06 Å². The number of ether oxygens (including phenoxy) is 6. The molecule has 0 bridgehead atoms. The number of piperidine rings is 1. The third kappa shape index (κ3) is 5.06. The zero-order valence-electron chi connectivity index (χ0n) is 26.1. The number of esters is 1. The third-order valence-electron chi connectivity index (χ3n) is 9.45. The summed E-state index contributed by atoms with van der Waals surface area (Å²) in [5.74, 6) is 1.26. The van der Waals surface area contributed by atoms with Crippen LogP contribution in [0.5, 0.6) is 28.7 Å². The number of methoxy groups -OCH3 is 3. The molecule has 1 radical (unpaired) electrons. The second-order valence-electron chi connectivity index (χ2n) is 13.2. The van der Waals surface area contributed by atoms with E-state index in [9.17, 15) is 10.0 Å². The molecule has 2 aromatic carbocycles. The van der Waals surface area contributed by atoms with Gasteiger partial charge >= 0.3 is 5.97 Å². The quantitative estimate of drug-likeness (QED) is 0.354. The molecule has 44 heavy (non-hydrogen) atoms. The van der Waals surface area contributed by atoms with Gasteiger partial charge in [0.25, 0.3) is 0 Å². The van der Waals surface area contributed by atoms with Gasteiger partial charge in [-0.15, -0.1) is 10.3 Å². The van der Waals surface area contributed by atoms with Crippen LogP contribution in [0.1, 0.15) is 69.2 Å². The van der Waals surface area contributed by atoms with E-state index in [2.05, 4.69) is 10.6 Å². The molecule has 2 saturated heterocycles. The number of nitrogens with zero attached hydrogens (tertiary/aromatic N) is 1. The summed E-state index contributed by atoms with van der Waals surface area (Å²) in [6.07, 6.45) is 1.27. The lowest BCUT2D eigenvalue weighted by Gasteiger charge is -2.50. The lowest BCUT2D eigenvalue weighted by Crippen LogP contribution is -2.63. The van der Waals surface area contributed by atoms with E-state index in [1.807, 2.05) is 52.0 Å². The predicted octanol–water partition coefficient (Wildman–Crippen LogP) is 4.25. The van der Waals surface area contributed by atoms with Gasteiger partial charge in [0, 0.05) is 29.0 Å². The van der Waals surface area contributed by atoms with E-state index >= 15 is 0 Å². The first-order valence-corrected chi connectivity index (χ1v) is 15.2. The maximum atomic E-state index is 13.5. The van der Waals surface area contributed by atoms with Crippen LogP contribution < -0.4 is 34.3 Å². The number of cyclic esters (lactones) is 1. The van der Waals surface area contributed by atoms with Gasteiger partial charge in [-0.3, -0.25) is 4.79 Å². The van der Waals surface area contributed by atoms with Crippen molar-refractivity contribution in [2.24, 2.45) is 11.8 Å². The lowest BCUT2D eigenvalue weighted by atomic mass is 9.65. The second kappa shape index (κ2) is 11.1. The van der Waals surface area contributed by atoms with Crippen LogP contribution in [0, 0.1) is 11.8 Å². The third-order valence-corrected chi connectivity index (χ3v) is 9.68. The molecule has 2 N–H and O–H groups in total. The SMILES string of the molecule is COc1cc([C@@H]2c3cc4c(cc3[C@@H](NC(=S)NC3CC(C)(C)N([O])C(C)(C)C3)[C@H]3COC(=O)[C@H]23)OCO4)cc(OC)c1OC. The molecule has 1 aliphatic carbocycles. The highest BCUT2D eigenvalue weighted by Crippen LogP contribution is 2.55. The van der Waals surface area contributed by atoms with E-state index in [4.69, 9.17) is 40.6 Å². The van der Waals surface area contributed by atoms with Gasteiger partial charge in [-0.05, 0) is 93.7 Å². The van der Waals surface area contributed by atoms with E-state index in [0.29, 0.717) is 46.7 Å². The van der Waals surface area contributed by atoms with Gasteiger partial charge in [0.2, 0.25) is 12.5 Å². The van der Waals surface area contributed by atoms with E-state index in [-0.39, 0.29) is 37.4 Å². The van der Waals surface area contributed by atoms with Gasteiger partial charge in [0.05, 0.1) is 39.9 Å². The van der Waals surface area contributed by atoms with Crippen LogP contribution in [-0.2, 0) is 14.7 Å². The number of carbonyl (C=O) groups is 1. The minimum absolute atomic E-state index is 0.00532. The minimum Gasteiger partial charge on any atom is -0.493 e. The molecule has 3 heterocycles. The Labute approximate surface area is 263 Å². The Morgan fingerprint density at radius 2 is 1.48 bits per heavy atom. The molecule has 0 aromatic heterocycles. The average molecular weight is 627 g/mol. The highest BCUT2D eigenvalue weighted by molar-refractivity contribution is 7.80. The van der Waals surface area contributed by atoms with Gasteiger partial charge in [0.1, 0.15) is 0 Å². The Morgan fingerprint density at radius 3 is 2.05 bits per heavy atom. The van der Waals surface area contributed by atoms with Crippen LogP contribution >= 0.6 is 12.2 Å². The number of hydrogen-bond donors (Lipinski definition) is 2. The normalized spacial score (nSPS) is 26.7. The predicted molar refractivity (Wildman–Crippen MR) is 164 cm³/mol. The molecule has 4 atom stereocenters. The lowest BCUT2D eigenvalue weighted by molar-refractivity contribution is -0.289. The molecular formula is C32H40N3O8S. The van der Waals surface area contributed by atoms with Crippen molar-refractivity contribution in [1.29, 1.82) is 0 Å². The van der Waals surface area contributed by atoms with Crippen molar-refractivity contribution >= 4 is 23.3 Å². The molecule has 3 aliphatic heterocycles. The zero-order chi connectivity index (χ0) is 31.6. The van der Waals surface area contributed by atoms with Crippen LogP contribution in [0.25, 0.3) is 0 Å². The van der Waals surface area contributed by atoms with E-state index < -0.39 is 22.9 Å². The molecule has 2 aromatic rings. The van der Waals surface area contributed by atoms with Crippen LogP contribution in [0.4, 0.5) is 0 Å². The summed E-state index contributed by atoms with van der Waals surface area (Å²) in [5, 5.41) is 21.6. The Hall–Kier alpha value is -3.48. The molecular weight excluding hydrogens is 586 g/mol. The second-order valence-corrected chi connectivity index (χ2v) is 13.6. The number of hydrogen-bond acceptors (Lipinski definition) is 9. The Morgan fingerprint density at radius 1 is 0.886 bits per heavy atom. The van der Waals surface area contributed by atoms with Gasteiger partial charge in [-0.2, -0.15) is 0 Å². The number of fused-ring (bicyclic) bond motifs is 3. The molecule has 2 fully saturated rings. The van der Waals surface area contributed by atoms with Crippen molar-refractivity contribution in [3.05, 3.63) is 41.0 Å². The van der Waals surface area contributed by atoms with Gasteiger partial charge in [-0.1, -0.05) is 0 Å². The zero-order valence-corrected chi connectivity index (χ0v) is 27.0. The molecule has 0 saturated carbocycles. The van der Waals surface area contributed by atoms with Crippen molar-refractivity contribution in [3.8, 4) is 28.7 Å².